The first-order valence-electron chi connectivity index (χ1n) is 13.1. The van der Waals surface area contributed by atoms with E-state index in [4.69, 9.17) is 5.73 Å². The van der Waals surface area contributed by atoms with Gasteiger partial charge in [0.15, 0.2) is 11.4 Å². The highest BCUT2D eigenvalue weighted by atomic mass is 19.1. The van der Waals surface area contributed by atoms with Crippen molar-refractivity contribution in [2.24, 2.45) is 23.5 Å². The smallest absolute Gasteiger partial charge is 0.252 e. The summed E-state index contributed by atoms with van der Waals surface area (Å²) in [6, 6.07) is 0.298. The fourth-order valence-corrected chi connectivity index (χ4v) is 6.48. The molecule has 4 atom stereocenters. The predicted molar refractivity (Wildman–Crippen MR) is 144 cm³/mol. The van der Waals surface area contributed by atoms with Crippen LogP contribution in [-0.2, 0) is 22.6 Å². The van der Waals surface area contributed by atoms with Gasteiger partial charge in [0.1, 0.15) is 23.1 Å². The highest BCUT2D eigenvalue weighted by Gasteiger charge is 2.62. The standard InChI is InChI=1S/C29H38FN3O6/c1-13(2)7-8-33(6)12-16-11-19(34)22-17(23(16)30)9-15-10-18-24(32(4)5)26(36)20(28(31)38)14(3)29(18,39)27(37)21(15)25(22)35/h11,13,15,18,24,34-36,39H,3,7-10,12H2,1-2,4-6H3,(H2,31,38)/t15-,18-,24-,29-/m0/s1. The van der Waals surface area contributed by atoms with Gasteiger partial charge in [-0.25, -0.2) is 4.39 Å². The zero-order chi connectivity index (χ0) is 29.1. The lowest BCUT2D eigenvalue weighted by atomic mass is 9.56. The van der Waals surface area contributed by atoms with Gasteiger partial charge in [0.2, 0.25) is 0 Å². The molecule has 3 aliphatic carbocycles. The fourth-order valence-electron chi connectivity index (χ4n) is 6.48. The average molecular weight is 544 g/mol. The number of carbonyl (C=O) groups is 2. The lowest BCUT2D eigenvalue weighted by Crippen LogP contribution is -2.63. The van der Waals surface area contributed by atoms with Gasteiger partial charge in [0.05, 0.1) is 17.2 Å². The summed E-state index contributed by atoms with van der Waals surface area (Å²) >= 11 is 0. The van der Waals surface area contributed by atoms with E-state index in [1.807, 2.05) is 11.9 Å². The Morgan fingerprint density at radius 1 is 1.26 bits per heavy atom. The second-order valence-corrected chi connectivity index (χ2v) is 11.8. The van der Waals surface area contributed by atoms with Crippen LogP contribution in [0.25, 0.3) is 5.76 Å². The molecule has 3 aliphatic rings. The second-order valence-electron chi connectivity index (χ2n) is 11.8. The molecule has 0 aliphatic heterocycles. The minimum atomic E-state index is -2.35. The Balaban J connectivity index is 1.82. The zero-order valence-electron chi connectivity index (χ0n) is 23.1. The predicted octanol–water partition coefficient (Wildman–Crippen LogP) is 2.57. The molecule has 1 fully saturated rings. The van der Waals surface area contributed by atoms with E-state index >= 15 is 4.39 Å². The van der Waals surface area contributed by atoms with Crippen molar-refractivity contribution in [1.82, 2.24) is 9.80 Å². The van der Waals surface area contributed by atoms with E-state index in [9.17, 15) is 30.0 Å². The van der Waals surface area contributed by atoms with Crippen LogP contribution in [0.4, 0.5) is 4.39 Å². The number of fused-ring (bicyclic) bond motifs is 3. The molecule has 4 rings (SSSR count). The zero-order valence-corrected chi connectivity index (χ0v) is 23.1. The number of phenolic OH excluding ortho intramolecular Hbond substituents is 1. The topological polar surface area (TPSA) is 148 Å². The molecule has 39 heavy (non-hydrogen) atoms. The maximum atomic E-state index is 15.9. The summed E-state index contributed by atoms with van der Waals surface area (Å²) in [6.07, 6.45) is 0.987. The monoisotopic (exact) mass is 543 g/mol. The fraction of sp³-hybridized carbons (Fsp3) is 0.517. The van der Waals surface area contributed by atoms with E-state index in [-0.39, 0.29) is 53.0 Å². The minimum absolute atomic E-state index is 0.00420. The van der Waals surface area contributed by atoms with E-state index < -0.39 is 58.1 Å². The van der Waals surface area contributed by atoms with Crippen LogP contribution < -0.4 is 5.73 Å². The lowest BCUT2D eigenvalue weighted by Gasteiger charge is -2.52. The van der Waals surface area contributed by atoms with Crippen molar-refractivity contribution in [3.05, 3.63) is 57.6 Å². The average Bonchev–Trinajstić information content (AvgIpc) is 2.82. The van der Waals surface area contributed by atoms with Gasteiger partial charge in [0, 0.05) is 34.7 Å². The van der Waals surface area contributed by atoms with Crippen LogP contribution in [0.1, 0.15) is 43.4 Å². The lowest BCUT2D eigenvalue weighted by molar-refractivity contribution is -0.143. The Bertz CT molecular complexity index is 1320. The van der Waals surface area contributed by atoms with Crippen LogP contribution >= 0.6 is 0 Å². The Kier molecular flexibility index (Phi) is 7.44. The number of nitrogens with zero attached hydrogens (tertiary/aromatic N) is 2. The van der Waals surface area contributed by atoms with E-state index in [2.05, 4.69) is 20.4 Å². The molecular weight excluding hydrogens is 505 g/mol. The number of ketones is 1. The number of phenols is 1. The number of aliphatic hydroxyl groups is 3. The molecule has 1 aromatic rings. The number of Topliss-reactive ketones (excluding diaryl/α,β-unsaturated/α-hetero) is 1. The van der Waals surface area contributed by atoms with Crippen molar-refractivity contribution in [1.29, 1.82) is 0 Å². The Morgan fingerprint density at radius 3 is 2.46 bits per heavy atom. The van der Waals surface area contributed by atoms with Gasteiger partial charge in [-0.1, -0.05) is 20.4 Å². The van der Waals surface area contributed by atoms with Gasteiger partial charge in [-0.2, -0.15) is 0 Å². The number of primary amides is 1. The first-order chi connectivity index (χ1) is 18.1. The van der Waals surface area contributed by atoms with Gasteiger partial charge in [-0.05, 0) is 64.9 Å². The van der Waals surface area contributed by atoms with Gasteiger partial charge in [-0.3, -0.25) is 14.5 Å². The summed E-state index contributed by atoms with van der Waals surface area (Å²) in [6.45, 7) is 8.94. The molecule has 0 spiro atoms. The number of aliphatic hydroxyl groups excluding tert-OH is 2. The Labute approximate surface area is 227 Å². The van der Waals surface area contributed by atoms with Crippen molar-refractivity contribution < 1.29 is 34.4 Å². The van der Waals surface area contributed by atoms with Crippen molar-refractivity contribution in [2.75, 3.05) is 27.7 Å². The summed E-state index contributed by atoms with van der Waals surface area (Å²) in [7, 11) is 5.11. The van der Waals surface area contributed by atoms with Crippen molar-refractivity contribution in [3.63, 3.8) is 0 Å². The van der Waals surface area contributed by atoms with Gasteiger partial charge >= 0.3 is 0 Å². The molecule has 0 bridgehead atoms. The molecule has 0 saturated heterocycles. The van der Waals surface area contributed by atoms with Crippen LogP contribution in [0.5, 0.6) is 5.75 Å². The molecule has 1 amide bonds. The first kappa shape index (κ1) is 28.8. The third kappa shape index (κ3) is 4.44. The van der Waals surface area contributed by atoms with Crippen LogP contribution in [0.3, 0.4) is 0 Å². The molecule has 0 unspecified atom stereocenters. The third-order valence-electron chi connectivity index (χ3n) is 8.44. The number of halogens is 1. The van der Waals surface area contributed by atoms with Gasteiger partial charge in [0.25, 0.3) is 5.91 Å². The Morgan fingerprint density at radius 2 is 1.90 bits per heavy atom. The number of nitrogens with two attached hydrogens (primary N) is 1. The van der Waals surface area contributed by atoms with E-state index in [0.29, 0.717) is 5.92 Å². The summed E-state index contributed by atoms with van der Waals surface area (Å²) in [5.41, 5.74) is 2.37. The van der Waals surface area contributed by atoms with Crippen LogP contribution in [0.15, 0.2) is 35.1 Å². The molecule has 0 radical (unpaired) electrons. The second kappa shape index (κ2) is 10.1. The van der Waals surface area contributed by atoms with Gasteiger partial charge in [-0.15, -0.1) is 0 Å². The number of carbonyl (C=O) groups excluding carboxylic acids is 2. The maximum absolute atomic E-state index is 15.9. The molecule has 10 heteroatoms. The molecule has 212 valence electrons. The molecule has 1 saturated carbocycles. The van der Waals surface area contributed by atoms with E-state index in [0.717, 1.165) is 13.0 Å². The number of hydrogen-bond acceptors (Lipinski definition) is 8. The molecule has 1 aromatic carbocycles. The summed E-state index contributed by atoms with van der Waals surface area (Å²) in [5, 5.41) is 44.9. The van der Waals surface area contributed by atoms with Crippen molar-refractivity contribution in [3.8, 4) is 5.75 Å². The van der Waals surface area contributed by atoms with Crippen LogP contribution in [0, 0.1) is 23.6 Å². The van der Waals surface area contributed by atoms with Crippen molar-refractivity contribution >= 4 is 17.4 Å². The summed E-state index contributed by atoms with van der Waals surface area (Å²) in [5.74, 6) is -5.09. The number of benzene rings is 1. The maximum Gasteiger partial charge on any atom is 0.252 e. The molecule has 9 nitrogen and oxygen atoms in total. The Hall–Kier alpha value is -3.21. The van der Waals surface area contributed by atoms with Gasteiger partial charge < -0.3 is 31.1 Å². The molecular formula is C29H38FN3O6. The quantitative estimate of drug-likeness (QED) is 0.353. The minimum Gasteiger partial charge on any atom is -0.510 e. The van der Waals surface area contributed by atoms with E-state index in [1.54, 1.807) is 19.0 Å². The summed E-state index contributed by atoms with van der Waals surface area (Å²) in [4.78, 5) is 29.7. The number of likely N-dealkylation sites (N-methyl/N-ethyl adjacent to an activating group) is 1. The number of hydrogen-bond donors (Lipinski definition) is 5. The number of rotatable bonds is 7. The van der Waals surface area contributed by atoms with Crippen LogP contribution in [-0.4, -0.2) is 81.2 Å². The molecule has 6 N–H and O–H groups in total. The van der Waals surface area contributed by atoms with E-state index in [1.165, 1.54) is 6.07 Å². The number of aromatic hydroxyl groups is 1. The third-order valence-corrected chi connectivity index (χ3v) is 8.44. The highest BCUT2D eigenvalue weighted by molar-refractivity contribution is 6.13. The first-order valence-corrected chi connectivity index (χ1v) is 13.1. The normalized spacial score (nSPS) is 26.9. The SMILES string of the molecule is C=C1C(C(N)=O)=C(O)[C@@H](N(C)C)[C@@H]2C[C@@H]3Cc4c(F)c(CN(C)CCC(C)C)cc(O)c4C(O)=C3C(=O)[C@]12O. The molecule has 0 aromatic heterocycles. The largest absolute Gasteiger partial charge is 0.510 e. The molecule has 0 heterocycles. The van der Waals surface area contributed by atoms with Crippen LogP contribution in [0.2, 0.25) is 0 Å². The highest BCUT2D eigenvalue weighted by Crippen LogP contribution is 2.54. The van der Waals surface area contributed by atoms with Crippen molar-refractivity contribution in [2.45, 2.75) is 51.3 Å². The summed E-state index contributed by atoms with van der Waals surface area (Å²) < 4.78 is 15.9. The number of amides is 1.